The number of rotatable bonds is 4. The monoisotopic (exact) mass is 164 g/mol. The molecular weight excluding hydrogens is 152 g/mol. The maximum Gasteiger partial charge on any atom is 0.119 e. The fraction of sp³-hybridized carbons (Fsp3) is 0.400. The average Bonchev–Trinajstić information content (AvgIpc) is 2.90. The molecule has 1 aliphatic heterocycles. The van der Waals surface area contributed by atoms with Crippen LogP contribution < -0.4 is 4.74 Å². The van der Waals surface area contributed by atoms with E-state index in [1.165, 1.54) is 0 Å². The van der Waals surface area contributed by atoms with Crippen molar-refractivity contribution in [1.82, 2.24) is 0 Å². The second-order valence-electron chi connectivity index (χ2n) is 2.91. The van der Waals surface area contributed by atoms with E-state index in [0.717, 1.165) is 25.4 Å². The zero-order valence-electron chi connectivity index (χ0n) is 6.90. The fourth-order valence-electron chi connectivity index (χ4n) is 1.06. The Morgan fingerprint density at radius 2 is 2.08 bits per heavy atom. The molecule has 1 aromatic carbocycles. The van der Waals surface area contributed by atoms with Gasteiger partial charge >= 0.3 is 0 Å². The minimum absolute atomic E-state index is 0.466. The zero-order chi connectivity index (χ0) is 8.23. The van der Waals surface area contributed by atoms with Crippen LogP contribution in [0, 0.1) is 0 Å². The summed E-state index contributed by atoms with van der Waals surface area (Å²) in [4.78, 5) is 0. The molecule has 0 aromatic heterocycles. The maximum absolute atomic E-state index is 5.48. The summed E-state index contributed by atoms with van der Waals surface area (Å²) in [5.41, 5.74) is 0. The van der Waals surface area contributed by atoms with Crippen molar-refractivity contribution in [2.45, 2.75) is 12.5 Å². The number of hydrogen-bond acceptors (Lipinski definition) is 2. The lowest BCUT2D eigenvalue weighted by Crippen LogP contribution is -2.00. The summed E-state index contributed by atoms with van der Waals surface area (Å²) in [6.07, 6.45) is 1.48. The molecule has 2 rings (SSSR count). The Morgan fingerprint density at radius 1 is 1.33 bits per heavy atom. The molecule has 1 unspecified atom stereocenters. The van der Waals surface area contributed by atoms with Crippen LogP contribution in [0.5, 0.6) is 5.75 Å². The van der Waals surface area contributed by atoms with Crippen LogP contribution in [0.3, 0.4) is 0 Å². The highest BCUT2D eigenvalue weighted by Gasteiger charge is 2.21. The first-order valence-corrected chi connectivity index (χ1v) is 4.24. The summed E-state index contributed by atoms with van der Waals surface area (Å²) < 4.78 is 10.5. The molecule has 1 heterocycles. The molecule has 1 saturated heterocycles. The number of benzene rings is 1. The van der Waals surface area contributed by atoms with Crippen molar-refractivity contribution in [1.29, 1.82) is 0 Å². The molecule has 2 nitrogen and oxygen atoms in total. The van der Waals surface area contributed by atoms with Gasteiger partial charge in [-0.15, -0.1) is 0 Å². The molecule has 0 saturated carbocycles. The first-order valence-electron chi connectivity index (χ1n) is 4.24. The Balaban J connectivity index is 1.72. The first kappa shape index (κ1) is 7.62. The van der Waals surface area contributed by atoms with Crippen molar-refractivity contribution < 1.29 is 9.47 Å². The predicted molar refractivity (Wildman–Crippen MR) is 46.3 cm³/mol. The lowest BCUT2D eigenvalue weighted by atomic mass is 10.3. The van der Waals surface area contributed by atoms with E-state index in [2.05, 4.69) is 0 Å². The van der Waals surface area contributed by atoms with Crippen molar-refractivity contribution in [3.8, 4) is 5.75 Å². The highest BCUT2D eigenvalue weighted by Crippen LogP contribution is 2.14. The Hall–Kier alpha value is -1.02. The van der Waals surface area contributed by atoms with Crippen LogP contribution in [0.2, 0.25) is 0 Å². The predicted octanol–water partition coefficient (Wildman–Crippen LogP) is 1.85. The molecule has 0 N–H and O–H groups in total. The van der Waals surface area contributed by atoms with Crippen molar-refractivity contribution in [2.75, 3.05) is 13.2 Å². The van der Waals surface area contributed by atoms with Gasteiger partial charge in [-0.25, -0.2) is 0 Å². The average molecular weight is 164 g/mol. The van der Waals surface area contributed by atoms with Gasteiger partial charge in [0.25, 0.3) is 0 Å². The molecule has 12 heavy (non-hydrogen) atoms. The van der Waals surface area contributed by atoms with Crippen LogP contribution in [-0.4, -0.2) is 19.3 Å². The van der Waals surface area contributed by atoms with Crippen LogP contribution in [0.1, 0.15) is 6.42 Å². The van der Waals surface area contributed by atoms with Gasteiger partial charge in [0.2, 0.25) is 0 Å². The lowest BCUT2D eigenvalue weighted by molar-refractivity contribution is 0.283. The highest BCUT2D eigenvalue weighted by atomic mass is 16.6. The molecule has 0 radical (unpaired) electrons. The number of epoxide rings is 1. The van der Waals surface area contributed by atoms with Gasteiger partial charge in [0, 0.05) is 6.42 Å². The van der Waals surface area contributed by atoms with Crippen molar-refractivity contribution >= 4 is 0 Å². The normalized spacial score (nSPS) is 20.5. The standard InChI is InChI=1S/C10H12O2/c1-2-4-9(5-3-1)11-7-6-10-8-12-10/h1-5,10H,6-8H2. The largest absolute Gasteiger partial charge is 0.493 e. The van der Waals surface area contributed by atoms with Gasteiger partial charge in [-0.05, 0) is 12.1 Å². The topological polar surface area (TPSA) is 21.8 Å². The minimum Gasteiger partial charge on any atom is -0.493 e. The van der Waals surface area contributed by atoms with Crippen LogP contribution in [-0.2, 0) is 4.74 Å². The van der Waals surface area contributed by atoms with Crippen LogP contribution in [0.4, 0.5) is 0 Å². The third-order valence-corrected chi connectivity index (χ3v) is 1.85. The molecule has 2 heteroatoms. The summed E-state index contributed by atoms with van der Waals surface area (Å²) in [7, 11) is 0. The third kappa shape index (κ3) is 2.24. The SMILES string of the molecule is c1ccc(OCCC2CO2)cc1. The second kappa shape index (κ2) is 3.59. The minimum atomic E-state index is 0.466. The number of ether oxygens (including phenoxy) is 2. The molecule has 1 fully saturated rings. The summed E-state index contributed by atoms with van der Waals surface area (Å²) in [5, 5.41) is 0. The van der Waals surface area contributed by atoms with Gasteiger partial charge < -0.3 is 9.47 Å². The van der Waals surface area contributed by atoms with Gasteiger partial charge in [-0.2, -0.15) is 0 Å². The van der Waals surface area contributed by atoms with Gasteiger partial charge in [0.1, 0.15) is 5.75 Å². The molecule has 0 amide bonds. The molecule has 0 spiro atoms. The Bertz CT molecular complexity index is 229. The summed E-state index contributed by atoms with van der Waals surface area (Å²) in [6.45, 7) is 1.67. The van der Waals surface area contributed by atoms with Crippen LogP contribution in [0.15, 0.2) is 30.3 Å². The highest BCUT2D eigenvalue weighted by molar-refractivity contribution is 5.20. The van der Waals surface area contributed by atoms with Gasteiger partial charge in [-0.1, -0.05) is 18.2 Å². The van der Waals surface area contributed by atoms with E-state index in [0.29, 0.717) is 6.10 Å². The van der Waals surface area contributed by atoms with Crippen molar-refractivity contribution in [3.63, 3.8) is 0 Å². The van der Waals surface area contributed by atoms with E-state index >= 15 is 0 Å². The van der Waals surface area contributed by atoms with Crippen LogP contribution >= 0.6 is 0 Å². The van der Waals surface area contributed by atoms with Crippen LogP contribution in [0.25, 0.3) is 0 Å². The van der Waals surface area contributed by atoms with Gasteiger partial charge in [-0.3, -0.25) is 0 Å². The molecule has 1 aromatic rings. The lowest BCUT2D eigenvalue weighted by Gasteiger charge is -2.03. The van der Waals surface area contributed by atoms with E-state index < -0.39 is 0 Å². The Morgan fingerprint density at radius 3 is 2.75 bits per heavy atom. The number of hydrogen-bond donors (Lipinski definition) is 0. The maximum atomic E-state index is 5.48. The molecule has 0 aliphatic carbocycles. The van der Waals surface area contributed by atoms with Gasteiger partial charge in [0.05, 0.1) is 19.3 Å². The van der Waals surface area contributed by atoms with E-state index in [1.54, 1.807) is 0 Å². The summed E-state index contributed by atoms with van der Waals surface area (Å²) in [5.74, 6) is 0.943. The van der Waals surface area contributed by atoms with Crippen molar-refractivity contribution in [3.05, 3.63) is 30.3 Å². The van der Waals surface area contributed by atoms with Gasteiger partial charge in [0.15, 0.2) is 0 Å². The van der Waals surface area contributed by atoms with E-state index in [4.69, 9.17) is 9.47 Å². The molecule has 64 valence electrons. The molecule has 1 atom stereocenters. The fourth-order valence-corrected chi connectivity index (χ4v) is 1.06. The molecule has 0 bridgehead atoms. The quantitative estimate of drug-likeness (QED) is 0.633. The Kier molecular flexibility index (Phi) is 2.28. The van der Waals surface area contributed by atoms with E-state index in [-0.39, 0.29) is 0 Å². The molecule has 1 aliphatic rings. The smallest absolute Gasteiger partial charge is 0.119 e. The molecular formula is C10H12O2. The first-order chi connectivity index (χ1) is 5.95. The Labute approximate surface area is 72.1 Å². The third-order valence-electron chi connectivity index (χ3n) is 1.85. The second-order valence-corrected chi connectivity index (χ2v) is 2.91. The summed E-state index contributed by atoms with van der Waals surface area (Å²) >= 11 is 0. The zero-order valence-corrected chi connectivity index (χ0v) is 6.90. The van der Waals surface area contributed by atoms with Crippen molar-refractivity contribution in [2.24, 2.45) is 0 Å². The number of para-hydroxylation sites is 1. The van der Waals surface area contributed by atoms with E-state index in [9.17, 15) is 0 Å². The summed E-state index contributed by atoms with van der Waals surface area (Å²) in [6, 6.07) is 9.87. The van der Waals surface area contributed by atoms with E-state index in [1.807, 2.05) is 30.3 Å².